The summed E-state index contributed by atoms with van der Waals surface area (Å²) in [6.45, 7) is 6.34. The highest BCUT2D eigenvalue weighted by Gasteiger charge is 2.12. The Kier molecular flexibility index (Phi) is 3.66. The number of nitrogens with zero attached hydrogens (tertiary/aromatic N) is 1. The van der Waals surface area contributed by atoms with E-state index < -0.39 is 0 Å². The van der Waals surface area contributed by atoms with Gasteiger partial charge in [0.05, 0.1) is 5.56 Å². The highest BCUT2D eigenvalue weighted by molar-refractivity contribution is 5.60. The van der Waals surface area contributed by atoms with Crippen LogP contribution in [0.1, 0.15) is 25.0 Å². The van der Waals surface area contributed by atoms with Crippen LogP contribution in [-0.2, 0) is 6.42 Å². The van der Waals surface area contributed by atoms with E-state index in [4.69, 9.17) is 0 Å². The summed E-state index contributed by atoms with van der Waals surface area (Å²) in [5.41, 5.74) is 3.94. The van der Waals surface area contributed by atoms with Crippen molar-refractivity contribution in [1.29, 1.82) is 0 Å². The fourth-order valence-corrected chi connectivity index (χ4v) is 2.18. The topological polar surface area (TPSA) is 26.9 Å². The van der Waals surface area contributed by atoms with Gasteiger partial charge in [0.2, 0.25) is 5.69 Å². The van der Waals surface area contributed by atoms with Crippen LogP contribution < -0.4 is 4.73 Å². The van der Waals surface area contributed by atoms with E-state index in [9.17, 15) is 5.21 Å². The fourth-order valence-electron chi connectivity index (χ4n) is 2.18. The number of hydrogen-bond donors (Lipinski definition) is 0. The third-order valence-corrected chi connectivity index (χ3v) is 3.04. The summed E-state index contributed by atoms with van der Waals surface area (Å²) in [6.07, 6.45) is 2.64. The average molecular weight is 241 g/mol. The van der Waals surface area contributed by atoms with Gasteiger partial charge in [0.15, 0.2) is 6.20 Å². The maximum atomic E-state index is 12.1. The number of rotatable bonds is 3. The molecule has 0 amide bonds. The third-order valence-electron chi connectivity index (χ3n) is 3.04. The minimum atomic E-state index is 0.564. The van der Waals surface area contributed by atoms with Gasteiger partial charge in [-0.2, -0.15) is 4.73 Å². The second kappa shape index (κ2) is 5.21. The molecule has 0 unspecified atom stereocenters. The molecule has 0 N–H and O–H groups in total. The van der Waals surface area contributed by atoms with E-state index in [0.717, 1.165) is 33.5 Å². The van der Waals surface area contributed by atoms with Crippen LogP contribution in [0.2, 0.25) is 0 Å². The van der Waals surface area contributed by atoms with Gasteiger partial charge in [-0.15, -0.1) is 0 Å². The quantitative estimate of drug-likeness (QED) is 0.597. The maximum absolute atomic E-state index is 12.1. The molecule has 0 spiro atoms. The van der Waals surface area contributed by atoms with Gasteiger partial charge in [-0.05, 0) is 37.0 Å². The summed E-state index contributed by atoms with van der Waals surface area (Å²) < 4.78 is 0.986. The Morgan fingerprint density at radius 3 is 2.44 bits per heavy atom. The lowest BCUT2D eigenvalue weighted by molar-refractivity contribution is -0.594. The maximum Gasteiger partial charge on any atom is 0.224 e. The molecule has 0 fully saturated rings. The fraction of sp³-hybridized carbons (Fsp3) is 0.312. The molecular weight excluding hydrogens is 222 g/mol. The van der Waals surface area contributed by atoms with Gasteiger partial charge in [-0.1, -0.05) is 32.0 Å². The van der Waals surface area contributed by atoms with Crippen molar-refractivity contribution in [3.63, 3.8) is 0 Å². The lowest BCUT2D eigenvalue weighted by Gasteiger charge is -2.09. The minimum absolute atomic E-state index is 0.564. The van der Waals surface area contributed by atoms with Crippen molar-refractivity contribution in [3.05, 3.63) is 58.9 Å². The van der Waals surface area contributed by atoms with Crippen molar-refractivity contribution in [2.45, 2.75) is 27.2 Å². The lowest BCUT2D eigenvalue weighted by atomic mass is 10.0. The van der Waals surface area contributed by atoms with Crippen LogP contribution in [0.15, 0.2) is 42.6 Å². The highest BCUT2D eigenvalue weighted by Crippen LogP contribution is 2.20. The molecule has 1 aromatic heterocycles. The van der Waals surface area contributed by atoms with E-state index in [1.165, 1.54) is 0 Å². The second-order valence-corrected chi connectivity index (χ2v) is 5.16. The van der Waals surface area contributed by atoms with Gasteiger partial charge in [0, 0.05) is 11.6 Å². The van der Waals surface area contributed by atoms with Gasteiger partial charge in [-0.3, -0.25) is 0 Å². The number of benzene rings is 1. The molecular formula is C16H19NO. The van der Waals surface area contributed by atoms with Crippen LogP contribution in [0.4, 0.5) is 0 Å². The summed E-state index contributed by atoms with van der Waals surface area (Å²) in [5.74, 6) is 0.564. The van der Waals surface area contributed by atoms with Crippen molar-refractivity contribution >= 4 is 0 Å². The van der Waals surface area contributed by atoms with Crippen molar-refractivity contribution in [3.8, 4) is 11.3 Å². The molecule has 2 aromatic rings. The van der Waals surface area contributed by atoms with E-state index in [-0.39, 0.29) is 0 Å². The van der Waals surface area contributed by atoms with Crippen molar-refractivity contribution in [1.82, 2.24) is 0 Å². The SMILES string of the molecule is Cc1ccccc1-c1ccc(CC(C)C)c[n+]1[O-]. The van der Waals surface area contributed by atoms with Gasteiger partial charge in [0.25, 0.3) is 0 Å². The predicted octanol–water partition coefficient (Wildman–Crippen LogP) is 3.49. The molecule has 2 rings (SSSR count). The monoisotopic (exact) mass is 241 g/mol. The summed E-state index contributed by atoms with van der Waals surface area (Å²) in [7, 11) is 0. The Bertz CT molecular complexity index is 547. The molecule has 0 saturated heterocycles. The Labute approximate surface area is 108 Å². The van der Waals surface area contributed by atoms with Crippen LogP contribution >= 0.6 is 0 Å². The number of aryl methyl sites for hydroxylation is 1. The van der Waals surface area contributed by atoms with Crippen molar-refractivity contribution < 1.29 is 4.73 Å². The first-order valence-electron chi connectivity index (χ1n) is 6.36. The van der Waals surface area contributed by atoms with Gasteiger partial charge >= 0.3 is 0 Å². The Morgan fingerprint density at radius 1 is 1.11 bits per heavy atom. The van der Waals surface area contributed by atoms with Gasteiger partial charge < -0.3 is 5.21 Å². The first-order valence-corrected chi connectivity index (χ1v) is 6.36. The molecule has 0 bridgehead atoms. The van der Waals surface area contributed by atoms with E-state index in [0.29, 0.717) is 5.92 Å². The molecule has 2 nitrogen and oxygen atoms in total. The van der Waals surface area contributed by atoms with Crippen molar-refractivity contribution in [2.24, 2.45) is 5.92 Å². The molecule has 0 aliphatic rings. The molecule has 0 aliphatic carbocycles. The Morgan fingerprint density at radius 2 is 1.83 bits per heavy atom. The normalized spacial score (nSPS) is 10.9. The van der Waals surface area contributed by atoms with Crippen molar-refractivity contribution in [2.75, 3.05) is 0 Å². The van der Waals surface area contributed by atoms with E-state index in [2.05, 4.69) is 19.9 Å². The summed E-state index contributed by atoms with van der Waals surface area (Å²) in [4.78, 5) is 0. The molecule has 0 atom stereocenters. The number of aromatic nitrogens is 1. The van der Waals surface area contributed by atoms with E-state index >= 15 is 0 Å². The van der Waals surface area contributed by atoms with Crippen LogP contribution in [0.25, 0.3) is 11.3 Å². The number of hydrogen-bond acceptors (Lipinski definition) is 1. The summed E-state index contributed by atoms with van der Waals surface area (Å²) in [5, 5.41) is 12.1. The molecule has 0 aliphatic heterocycles. The summed E-state index contributed by atoms with van der Waals surface area (Å²) >= 11 is 0. The molecule has 0 radical (unpaired) electrons. The van der Waals surface area contributed by atoms with E-state index in [1.807, 2.05) is 37.3 Å². The van der Waals surface area contributed by atoms with Crippen LogP contribution in [0.3, 0.4) is 0 Å². The third kappa shape index (κ3) is 2.70. The first-order chi connectivity index (χ1) is 8.58. The van der Waals surface area contributed by atoms with Gasteiger partial charge in [0.1, 0.15) is 0 Å². The van der Waals surface area contributed by atoms with Crippen LogP contribution in [0.5, 0.6) is 0 Å². The summed E-state index contributed by atoms with van der Waals surface area (Å²) in [6, 6.07) is 11.9. The zero-order chi connectivity index (χ0) is 13.1. The Balaban J connectivity index is 2.39. The Hall–Kier alpha value is -1.83. The molecule has 1 aromatic carbocycles. The standard InChI is InChI=1S/C16H19NO/c1-12(2)10-14-8-9-16(17(18)11-14)15-7-5-4-6-13(15)3/h4-9,11-12H,10H2,1-3H3. The molecule has 94 valence electrons. The number of pyridine rings is 1. The lowest BCUT2D eigenvalue weighted by Crippen LogP contribution is -2.29. The minimum Gasteiger partial charge on any atom is -0.618 e. The first kappa shape index (κ1) is 12.6. The largest absolute Gasteiger partial charge is 0.618 e. The molecule has 2 heteroatoms. The second-order valence-electron chi connectivity index (χ2n) is 5.16. The predicted molar refractivity (Wildman–Crippen MR) is 74.1 cm³/mol. The average Bonchev–Trinajstić information content (AvgIpc) is 2.30. The smallest absolute Gasteiger partial charge is 0.224 e. The zero-order valence-corrected chi connectivity index (χ0v) is 11.2. The molecule has 0 saturated carbocycles. The molecule has 18 heavy (non-hydrogen) atoms. The van der Waals surface area contributed by atoms with Crippen LogP contribution in [-0.4, -0.2) is 0 Å². The van der Waals surface area contributed by atoms with E-state index in [1.54, 1.807) is 6.20 Å². The van der Waals surface area contributed by atoms with Crippen LogP contribution in [0, 0.1) is 18.0 Å². The molecule has 1 heterocycles. The zero-order valence-electron chi connectivity index (χ0n) is 11.2. The van der Waals surface area contributed by atoms with Gasteiger partial charge in [-0.25, -0.2) is 0 Å². The highest BCUT2D eigenvalue weighted by atomic mass is 16.5.